The summed E-state index contributed by atoms with van der Waals surface area (Å²) >= 11 is 0. The second kappa shape index (κ2) is 6.65. The summed E-state index contributed by atoms with van der Waals surface area (Å²) in [6.45, 7) is 2.46. The standard InChI is InChI=1S/C23H28N2O2/c24-16-18-5-6-19-4-2-1-3-11-25(21(19)14-18)17-20-15-23(26-12-13-27-23)10-9-22(20)7-8-22/h3,5-6,11,14,20H,1-2,4,7-10,12-13,15,17H2/b11-3+. The summed E-state index contributed by atoms with van der Waals surface area (Å²) in [6.07, 6.45) is 13.9. The summed E-state index contributed by atoms with van der Waals surface area (Å²) in [5.41, 5.74) is 3.82. The highest BCUT2D eigenvalue weighted by atomic mass is 16.7. The van der Waals surface area contributed by atoms with E-state index in [0.717, 1.165) is 51.0 Å². The van der Waals surface area contributed by atoms with Crippen molar-refractivity contribution in [1.82, 2.24) is 0 Å². The topological polar surface area (TPSA) is 45.5 Å². The minimum atomic E-state index is -0.331. The largest absolute Gasteiger partial charge is 0.348 e. The predicted molar refractivity (Wildman–Crippen MR) is 104 cm³/mol. The van der Waals surface area contributed by atoms with Gasteiger partial charge in [0.05, 0.1) is 24.8 Å². The van der Waals surface area contributed by atoms with Crippen molar-refractivity contribution in [2.75, 3.05) is 24.7 Å². The molecule has 1 aromatic rings. The van der Waals surface area contributed by atoms with Crippen molar-refractivity contribution in [3.8, 4) is 6.07 Å². The molecule has 0 aromatic heterocycles. The van der Waals surface area contributed by atoms with Crippen LogP contribution in [0.1, 0.15) is 56.1 Å². The molecule has 2 aliphatic heterocycles. The fourth-order valence-corrected chi connectivity index (χ4v) is 5.37. The molecule has 4 heteroatoms. The number of hydrogen-bond donors (Lipinski definition) is 0. The van der Waals surface area contributed by atoms with E-state index < -0.39 is 0 Å². The maximum atomic E-state index is 9.39. The van der Waals surface area contributed by atoms with Gasteiger partial charge in [-0.3, -0.25) is 0 Å². The van der Waals surface area contributed by atoms with Gasteiger partial charge in [0.1, 0.15) is 0 Å². The molecule has 4 aliphatic rings. The van der Waals surface area contributed by atoms with Crippen molar-refractivity contribution in [2.45, 2.75) is 57.2 Å². The molecule has 2 saturated carbocycles. The number of rotatable bonds is 2. The number of nitriles is 1. The molecule has 142 valence electrons. The van der Waals surface area contributed by atoms with E-state index in [1.165, 1.54) is 36.9 Å². The SMILES string of the molecule is N#Cc1ccc2c(c1)N(CC1CC3(CCC14CC4)OCCO3)/C=C/CCC2. The molecule has 0 N–H and O–H groups in total. The summed E-state index contributed by atoms with van der Waals surface area (Å²) in [4.78, 5) is 2.41. The van der Waals surface area contributed by atoms with E-state index in [1.807, 2.05) is 6.07 Å². The van der Waals surface area contributed by atoms with E-state index >= 15 is 0 Å². The van der Waals surface area contributed by atoms with E-state index in [2.05, 4.69) is 35.4 Å². The Labute approximate surface area is 161 Å². The summed E-state index contributed by atoms with van der Waals surface area (Å²) < 4.78 is 12.1. The lowest BCUT2D eigenvalue weighted by Gasteiger charge is -2.43. The molecule has 0 bridgehead atoms. The van der Waals surface area contributed by atoms with Gasteiger partial charge in [0.25, 0.3) is 0 Å². The first-order valence-corrected chi connectivity index (χ1v) is 10.5. The van der Waals surface area contributed by atoms with Crippen LogP contribution in [-0.4, -0.2) is 25.5 Å². The predicted octanol–water partition coefficient (Wildman–Crippen LogP) is 4.54. The molecule has 1 atom stereocenters. The van der Waals surface area contributed by atoms with Crippen molar-refractivity contribution >= 4 is 5.69 Å². The summed E-state index contributed by atoms with van der Waals surface area (Å²) in [6, 6.07) is 8.50. The first-order chi connectivity index (χ1) is 13.2. The fraction of sp³-hybridized carbons (Fsp3) is 0.609. The highest BCUT2D eigenvalue weighted by Gasteiger charge is 2.57. The molecule has 1 saturated heterocycles. The first-order valence-electron chi connectivity index (χ1n) is 10.5. The van der Waals surface area contributed by atoms with Gasteiger partial charge in [0.2, 0.25) is 0 Å². The quantitative estimate of drug-likeness (QED) is 0.773. The molecule has 27 heavy (non-hydrogen) atoms. The van der Waals surface area contributed by atoms with Crippen molar-refractivity contribution in [3.05, 3.63) is 41.6 Å². The number of nitrogens with zero attached hydrogens (tertiary/aromatic N) is 2. The molecule has 1 unspecified atom stereocenters. The second-order valence-electron chi connectivity index (χ2n) is 8.76. The Kier molecular flexibility index (Phi) is 4.26. The highest BCUT2D eigenvalue weighted by Crippen LogP contribution is 2.62. The number of hydrogen-bond acceptors (Lipinski definition) is 4. The monoisotopic (exact) mass is 364 g/mol. The van der Waals surface area contributed by atoms with E-state index in [0.29, 0.717) is 11.3 Å². The Morgan fingerprint density at radius 3 is 2.74 bits per heavy atom. The van der Waals surface area contributed by atoms with Crippen LogP contribution in [0.15, 0.2) is 30.5 Å². The van der Waals surface area contributed by atoms with Crippen molar-refractivity contribution in [3.63, 3.8) is 0 Å². The van der Waals surface area contributed by atoms with Crippen LogP contribution in [0, 0.1) is 22.7 Å². The molecule has 0 radical (unpaired) electrons. The number of aryl methyl sites for hydroxylation is 1. The maximum Gasteiger partial charge on any atom is 0.168 e. The van der Waals surface area contributed by atoms with Crippen LogP contribution in [0.5, 0.6) is 0 Å². The number of fused-ring (bicyclic) bond motifs is 1. The zero-order chi connectivity index (χ0) is 18.3. The van der Waals surface area contributed by atoms with Gasteiger partial charge < -0.3 is 14.4 Å². The molecule has 2 spiro atoms. The smallest absolute Gasteiger partial charge is 0.168 e. The third-order valence-electron chi connectivity index (χ3n) is 7.18. The van der Waals surface area contributed by atoms with E-state index in [9.17, 15) is 5.26 Å². The summed E-state index contributed by atoms with van der Waals surface area (Å²) in [5, 5.41) is 9.39. The lowest BCUT2D eigenvalue weighted by Crippen LogP contribution is -2.44. The van der Waals surface area contributed by atoms with Crippen LogP contribution < -0.4 is 4.90 Å². The Morgan fingerprint density at radius 1 is 1.15 bits per heavy atom. The van der Waals surface area contributed by atoms with Crippen LogP contribution in [0.4, 0.5) is 5.69 Å². The van der Waals surface area contributed by atoms with E-state index in [1.54, 1.807) is 0 Å². The van der Waals surface area contributed by atoms with E-state index in [4.69, 9.17) is 9.47 Å². The molecular weight excluding hydrogens is 336 g/mol. The lowest BCUT2D eigenvalue weighted by atomic mass is 9.73. The maximum absolute atomic E-state index is 9.39. The molecule has 4 nitrogen and oxygen atoms in total. The molecule has 5 rings (SSSR count). The number of anilines is 1. The Morgan fingerprint density at radius 2 is 1.96 bits per heavy atom. The third-order valence-corrected chi connectivity index (χ3v) is 7.18. The zero-order valence-corrected chi connectivity index (χ0v) is 16.0. The van der Waals surface area contributed by atoms with E-state index in [-0.39, 0.29) is 5.79 Å². The Bertz CT molecular complexity index is 784. The van der Waals surface area contributed by atoms with Gasteiger partial charge in [-0.15, -0.1) is 0 Å². The molecule has 1 aromatic carbocycles. The first kappa shape index (κ1) is 17.3. The average molecular weight is 364 g/mol. The van der Waals surface area contributed by atoms with Gasteiger partial charge in [-0.1, -0.05) is 12.1 Å². The van der Waals surface area contributed by atoms with Gasteiger partial charge in [-0.2, -0.15) is 5.26 Å². The normalized spacial score (nSPS) is 29.0. The summed E-state index contributed by atoms with van der Waals surface area (Å²) in [7, 11) is 0. The van der Waals surface area contributed by atoms with Gasteiger partial charge in [-0.25, -0.2) is 0 Å². The van der Waals surface area contributed by atoms with Gasteiger partial charge in [-0.05, 0) is 67.6 Å². The van der Waals surface area contributed by atoms with Gasteiger partial charge in [0, 0.05) is 31.3 Å². The van der Waals surface area contributed by atoms with Crippen LogP contribution >= 0.6 is 0 Å². The van der Waals surface area contributed by atoms with Gasteiger partial charge in [0.15, 0.2) is 5.79 Å². The third kappa shape index (κ3) is 3.17. The number of ether oxygens (including phenoxy) is 2. The molecule has 2 aliphatic carbocycles. The van der Waals surface area contributed by atoms with Crippen molar-refractivity contribution in [1.29, 1.82) is 5.26 Å². The Hall–Kier alpha value is -1.83. The Balaban J connectivity index is 1.45. The van der Waals surface area contributed by atoms with Crippen molar-refractivity contribution in [2.24, 2.45) is 11.3 Å². The number of allylic oxidation sites excluding steroid dienone is 1. The molecule has 0 amide bonds. The minimum Gasteiger partial charge on any atom is -0.348 e. The van der Waals surface area contributed by atoms with Crippen molar-refractivity contribution < 1.29 is 9.47 Å². The molecular formula is C23H28N2O2. The highest BCUT2D eigenvalue weighted by molar-refractivity contribution is 5.60. The second-order valence-corrected chi connectivity index (χ2v) is 8.76. The minimum absolute atomic E-state index is 0.331. The molecule has 3 fully saturated rings. The van der Waals surface area contributed by atoms with Gasteiger partial charge >= 0.3 is 0 Å². The zero-order valence-electron chi connectivity index (χ0n) is 16.0. The van der Waals surface area contributed by atoms with Crippen LogP contribution in [-0.2, 0) is 15.9 Å². The van der Waals surface area contributed by atoms with Crippen LogP contribution in [0.25, 0.3) is 0 Å². The van der Waals surface area contributed by atoms with Crippen LogP contribution in [0.3, 0.4) is 0 Å². The lowest BCUT2D eigenvalue weighted by molar-refractivity contribution is -0.196. The fourth-order valence-electron chi connectivity index (χ4n) is 5.37. The number of benzene rings is 1. The van der Waals surface area contributed by atoms with Crippen LogP contribution in [0.2, 0.25) is 0 Å². The average Bonchev–Trinajstić information content (AvgIpc) is 3.33. The summed E-state index contributed by atoms with van der Waals surface area (Å²) in [5.74, 6) is 0.245. The molecule has 2 heterocycles.